The Bertz CT molecular complexity index is 559. The first kappa shape index (κ1) is 13.9. The molecule has 3 N–H and O–H groups in total. The molecule has 2 rings (SSSR count). The van der Waals surface area contributed by atoms with Crippen molar-refractivity contribution in [3.8, 4) is 5.75 Å². The van der Waals surface area contributed by atoms with Gasteiger partial charge in [-0.2, -0.15) is 0 Å². The third-order valence-corrected chi connectivity index (χ3v) is 3.10. The third kappa shape index (κ3) is 2.71. The SMILES string of the molecule is COc1ccc2c(c1)C(=O)N(CC(C=O)NC(N)=O)C2. The van der Waals surface area contributed by atoms with E-state index < -0.39 is 12.1 Å². The zero-order valence-electron chi connectivity index (χ0n) is 11.0. The van der Waals surface area contributed by atoms with Crippen LogP contribution in [0.25, 0.3) is 0 Å². The van der Waals surface area contributed by atoms with Crippen LogP contribution in [0, 0.1) is 0 Å². The maximum atomic E-state index is 12.2. The van der Waals surface area contributed by atoms with Crippen molar-refractivity contribution in [2.45, 2.75) is 12.6 Å². The van der Waals surface area contributed by atoms with Crippen LogP contribution in [-0.2, 0) is 11.3 Å². The summed E-state index contributed by atoms with van der Waals surface area (Å²) >= 11 is 0. The lowest BCUT2D eigenvalue weighted by molar-refractivity contribution is -0.109. The van der Waals surface area contributed by atoms with Crippen LogP contribution in [0.15, 0.2) is 18.2 Å². The molecular formula is C13H15N3O4. The van der Waals surface area contributed by atoms with E-state index in [9.17, 15) is 14.4 Å². The fourth-order valence-corrected chi connectivity index (χ4v) is 2.16. The fraction of sp³-hybridized carbons (Fsp3) is 0.308. The summed E-state index contributed by atoms with van der Waals surface area (Å²) < 4.78 is 5.08. The number of nitrogens with zero attached hydrogens (tertiary/aromatic N) is 1. The molecule has 20 heavy (non-hydrogen) atoms. The van der Waals surface area contributed by atoms with E-state index in [0.29, 0.717) is 24.1 Å². The number of ether oxygens (including phenoxy) is 1. The Balaban J connectivity index is 2.12. The van der Waals surface area contributed by atoms with E-state index in [1.54, 1.807) is 12.1 Å². The molecule has 0 saturated heterocycles. The molecule has 106 valence electrons. The summed E-state index contributed by atoms with van der Waals surface area (Å²) in [5, 5.41) is 2.28. The lowest BCUT2D eigenvalue weighted by atomic mass is 10.1. The largest absolute Gasteiger partial charge is 0.497 e. The van der Waals surface area contributed by atoms with Crippen LogP contribution in [-0.4, -0.2) is 42.8 Å². The molecule has 7 heteroatoms. The van der Waals surface area contributed by atoms with E-state index in [1.807, 2.05) is 6.07 Å². The number of aldehydes is 1. The lowest BCUT2D eigenvalue weighted by Crippen LogP contribution is -2.46. The van der Waals surface area contributed by atoms with Gasteiger partial charge in [0.2, 0.25) is 0 Å². The van der Waals surface area contributed by atoms with Crippen molar-refractivity contribution in [2.24, 2.45) is 5.73 Å². The Morgan fingerprint density at radius 2 is 2.35 bits per heavy atom. The second-order valence-electron chi connectivity index (χ2n) is 4.46. The number of urea groups is 1. The number of benzene rings is 1. The summed E-state index contributed by atoms with van der Waals surface area (Å²) in [7, 11) is 1.53. The second kappa shape index (κ2) is 5.60. The average molecular weight is 277 g/mol. The molecule has 0 fully saturated rings. The molecular weight excluding hydrogens is 262 g/mol. The van der Waals surface area contributed by atoms with Crippen LogP contribution in [0.5, 0.6) is 5.75 Å². The Morgan fingerprint density at radius 3 is 2.95 bits per heavy atom. The molecule has 0 aromatic heterocycles. The molecule has 1 unspecified atom stereocenters. The Hall–Kier alpha value is -2.57. The summed E-state index contributed by atoms with van der Waals surface area (Å²) in [4.78, 5) is 35.3. The molecule has 0 bridgehead atoms. The number of carbonyl (C=O) groups excluding carboxylic acids is 3. The fourth-order valence-electron chi connectivity index (χ4n) is 2.16. The summed E-state index contributed by atoms with van der Waals surface area (Å²) in [6.07, 6.45) is 0.557. The van der Waals surface area contributed by atoms with Crippen LogP contribution >= 0.6 is 0 Å². The third-order valence-electron chi connectivity index (χ3n) is 3.10. The Morgan fingerprint density at radius 1 is 1.60 bits per heavy atom. The van der Waals surface area contributed by atoms with Gasteiger partial charge in [0.1, 0.15) is 18.1 Å². The molecule has 1 atom stereocenters. The molecule has 3 amide bonds. The molecule has 0 aliphatic carbocycles. The number of hydrogen-bond acceptors (Lipinski definition) is 4. The predicted octanol–water partition coefficient (Wildman–Crippen LogP) is -0.113. The van der Waals surface area contributed by atoms with Gasteiger partial charge in [-0.05, 0) is 17.7 Å². The van der Waals surface area contributed by atoms with Gasteiger partial charge in [-0.1, -0.05) is 6.07 Å². The van der Waals surface area contributed by atoms with Crippen LogP contribution in [0.2, 0.25) is 0 Å². The van der Waals surface area contributed by atoms with Crippen molar-refractivity contribution >= 4 is 18.2 Å². The number of carbonyl (C=O) groups is 3. The molecule has 1 aromatic carbocycles. The molecule has 1 aliphatic rings. The van der Waals surface area contributed by atoms with Gasteiger partial charge in [-0.25, -0.2) is 4.79 Å². The Kier molecular flexibility index (Phi) is 3.88. The van der Waals surface area contributed by atoms with Gasteiger partial charge in [0, 0.05) is 18.7 Å². The zero-order chi connectivity index (χ0) is 14.7. The smallest absolute Gasteiger partial charge is 0.312 e. The van der Waals surface area contributed by atoms with Crippen molar-refractivity contribution in [1.29, 1.82) is 0 Å². The number of primary amides is 1. The van der Waals surface area contributed by atoms with E-state index in [1.165, 1.54) is 12.0 Å². The summed E-state index contributed by atoms with van der Waals surface area (Å²) in [6, 6.07) is 3.63. The van der Waals surface area contributed by atoms with Gasteiger partial charge in [0.25, 0.3) is 5.91 Å². The Labute approximate surface area is 115 Å². The number of fused-ring (bicyclic) bond motifs is 1. The van der Waals surface area contributed by atoms with Gasteiger partial charge in [-0.3, -0.25) is 4.79 Å². The second-order valence-corrected chi connectivity index (χ2v) is 4.46. The molecule has 0 spiro atoms. The van der Waals surface area contributed by atoms with Gasteiger partial charge < -0.3 is 25.5 Å². The molecule has 1 heterocycles. The maximum Gasteiger partial charge on any atom is 0.312 e. The monoisotopic (exact) mass is 277 g/mol. The van der Waals surface area contributed by atoms with Crippen LogP contribution in [0.3, 0.4) is 0 Å². The summed E-state index contributed by atoms with van der Waals surface area (Å²) in [5.41, 5.74) is 6.38. The normalized spacial score (nSPS) is 14.7. The molecule has 0 radical (unpaired) electrons. The highest BCUT2D eigenvalue weighted by atomic mass is 16.5. The van der Waals surface area contributed by atoms with Gasteiger partial charge in [0.05, 0.1) is 7.11 Å². The van der Waals surface area contributed by atoms with Crippen molar-refractivity contribution in [2.75, 3.05) is 13.7 Å². The summed E-state index contributed by atoms with van der Waals surface area (Å²) in [6.45, 7) is 0.477. The molecule has 1 aliphatic heterocycles. The number of nitrogens with two attached hydrogens (primary N) is 1. The van der Waals surface area contributed by atoms with Crippen molar-refractivity contribution < 1.29 is 19.1 Å². The van der Waals surface area contributed by atoms with Crippen LogP contribution in [0.4, 0.5) is 4.79 Å². The lowest BCUT2D eigenvalue weighted by Gasteiger charge is -2.20. The number of hydrogen-bond donors (Lipinski definition) is 2. The highest BCUT2D eigenvalue weighted by molar-refractivity contribution is 5.99. The zero-order valence-corrected chi connectivity index (χ0v) is 11.0. The van der Waals surface area contributed by atoms with E-state index in [4.69, 9.17) is 10.5 Å². The van der Waals surface area contributed by atoms with E-state index in [-0.39, 0.29) is 12.5 Å². The average Bonchev–Trinajstić information content (AvgIpc) is 2.73. The quantitative estimate of drug-likeness (QED) is 0.733. The minimum Gasteiger partial charge on any atom is -0.497 e. The van der Waals surface area contributed by atoms with E-state index in [2.05, 4.69) is 5.32 Å². The van der Waals surface area contributed by atoms with Crippen molar-refractivity contribution in [3.05, 3.63) is 29.3 Å². The highest BCUT2D eigenvalue weighted by Gasteiger charge is 2.29. The summed E-state index contributed by atoms with van der Waals surface area (Å²) in [5.74, 6) is 0.401. The number of amides is 3. The number of methoxy groups -OCH3 is 1. The van der Waals surface area contributed by atoms with Gasteiger partial charge in [-0.15, -0.1) is 0 Å². The van der Waals surface area contributed by atoms with Crippen LogP contribution in [0.1, 0.15) is 15.9 Å². The number of nitrogens with one attached hydrogen (secondary N) is 1. The topological polar surface area (TPSA) is 102 Å². The first-order chi connectivity index (χ1) is 9.55. The van der Waals surface area contributed by atoms with Crippen molar-refractivity contribution in [1.82, 2.24) is 10.2 Å². The highest BCUT2D eigenvalue weighted by Crippen LogP contribution is 2.26. The van der Waals surface area contributed by atoms with Crippen LogP contribution < -0.4 is 15.8 Å². The van der Waals surface area contributed by atoms with E-state index in [0.717, 1.165) is 5.56 Å². The van der Waals surface area contributed by atoms with Gasteiger partial charge >= 0.3 is 6.03 Å². The first-order valence-electron chi connectivity index (χ1n) is 6.02. The maximum absolute atomic E-state index is 12.2. The van der Waals surface area contributed by atoms with E-state index >= 15 is 0 Å². The minimum atomic E-state index is -0.812. The first-order valence-corrected chi connectivity index (χ1v) is 6.02. The molecule has 0 saturated carbocycles. The molecule has 7 nitrogen and oxygen atoms in total. The molecule has 1 aromatic rings. The van der Waals surface area contributed by atoms with Gasteiger partial charge in [0.15, 0.2) is 0 Å². The minimum absolute atomic E-state index is 0.0856. The number of rotatable bonds is 5. The standard InChI is InChI=1S/C13H15N3O4/c1-20-10-3-2-8-5-16(12(18)11(8)4-10)6-9(7-17)15-13(14)19/h2-4,7,9H,5-6H2,1H3,(H3,14,15,19). The predicted molar refractivity (Wildman–Crippen MR) is 70.3 cm³/mol. The van der Waals surface area contributed by atoms with Crippen molar-refractivity contribution in [3.63, 3.8) is 0 Å².